The van der Waals surface area contributed by atoms with Crippen molar-refractivity contribution >= 4 is 27.3 Å². The van der Waals surface area contributed by atoms with Crippen molar-refractivity contribution in [2.75, 3.05) is 27.2 Å². The number of carbonyl (C=O) groups excluding carboxylic acids is 1. The summed E-state index contributed by atoms with van der Waals surface area (Å²) in [7, 11) is -0.821. The van der Waals surface area contributed by atoms with Crippen LogP contribution in [0.3, 0.4) is 0 Å². The quantitative estimate of drug-likeness (QED) is 0.387. The predicted octanol–water partition coefficient (Wildman–Crippen LogP) is 3.45. The van der Waals surface area contributed by atoms with E-state index in [9.17, 15) is 23.4 Å². The van der Waals surface area contributed by atoms with Gasteiger partial charge in [0, 0.05) is 25.7 Å². The SMILES string of the molecule is CN(C)C(=O)c1cc(S(=O)(=O)c2ccc(CCNC[C@@H](O)c3cccc(Cl)c3)cc2)ccc1O. The van der Waals surface area contributed by atoms with Crippen molar-refractivity contribution in [2.45, 2.75) is 22.3 Å². The van der Waals surface area contributed by atoms with E-state index in [1.165, 1.54) is 49.3 Å². The second kappa shape index (κ2) is 11.0. The number of aromatic hydroxyl groups is 1. The summed E-state index contributed by atoms with van der Waals surface area (Å²) in [5, 5.41) is 24.0. The minimum absolute atomic E-state index is 0.0695. The van der Waals surface area contributed by atoms with Crippen LogP contribution in [0.4, 0.5) is 0 Å². The van der Waals surface area contributed by atoms with Crippen LogP contribution in [0.5, 0.6) is 5.75 Å². The number of halogens is 1. The number of phenols is 1. The van der Waals surface area contributed by atoms with Gasteiger partial charge in [-0.15, -0.1) is 0 Å². The summed E-state index contributed by atoms with van der Waals surface area (Å²) in [5.41, 5.74) is 1.59. The number of aliphatic hydroxyl groups is 1. The smallest absolute Gasteiger partial charge is 0.257 e. The second-order valence-electron chi connectivity index (χ2n) is 8.05. The predicted molar refractivity (Wildman–Crippen MR) is 131 cm³/mol. The number of aliphatic hydroxyl groups excluding tert-OH is 1. The van der Waals surface area contributed by atoms with Gasteiger partial charge in [0.15, 0.2) is 0 Å². The van der Waals surface area contributed by atoms with E-state index in [1.54, 1.807) is 30.3 Å². The topological polar surface area (TPSA) is 107 Å². The molecule has 0 saturated heterocycles. The summed E-state index contributed by atoms with van der Waals surface area (Å²) in [6.07, 6.45) is -0.0377. The van der Waals surface area contributed by atoms with Crippen molar-refractivity contribution in [2.24, 2.45) is 0 Å². The lowest BCUT2D eigenvalue weighted by Gasteiger charge is -2.13. The standard InChI is InChI=1S/C25H27ClN2O5S/c1-28(2)25(31)22-15-21(10-11-23(22)29)34(32,33)20-8-6-17(7-9-20)12-13-27-16-24(30)18-4-3-5-19(26)14-18/h3-11,14-15,24,27,29-30H,12-13,16H2,1-2H3/t24-/m1/s1. The van der Waals surface area contributed by atoms with Crippen LogP contribution in [-0.2, 0) is 16.3 Å². The summed E-state index contributed by atoms with van der Waals surface area (Å²) in [6.45, 7) is 0.958. The Bertz CT molecular complexity index is 1260. The Morgan fingerprint density at radius 3 is 2.35 bits per heavy atom. The third-order valence-electron chi connectivity index (χ3n) is 5.31. The van der Waals surface area contributed by atoms with Gasteiger partial charge in [-0.2, -0.15) is 0 Å². The summed E-state index contributed by atoms with van der Waals surface area (Å²) in [6, 6.07) is 17.2. The second-order valence-corrected chi connectivity index (χ2v) is 10.4. The molecular formula is C25H27ClN2O5S. The van der Waals surface area contributed by atoms with Gasteiger partial charge in [0.25, 0.3) is 5.91 Å². The Kier molecular flexibility index (Phi) is 8.33. The Morgan fingerprint density at radius 1 is 1.03 bits per heavy atom. The monoisotopic (exact) mass is 502 g/mol. The van der Waals surface area contributed by atoms with Crippen LogP contribution in [0.1, 0.15) is 27.6 Å². The van der Waals surface area contributed by atoms with E-state index in [-0.39, 0.29) is 21.1 Å². The Morgan fingerprint density at radius 2 is 1.71 bits per heavy atom. The van der Waals surface area contributed by atoms with Gasteiger partial charge in [-0.25, -0.2) is 8.42 Å². The maximum absolute atomic E-state index is 13.0. The molecule has 0 fully saturated rings. The van der Waals surface area contributed by atoms with E-state index in [1.807, 2.05) is 6.07 Å². The minimum Gasteiger partial charge on any atom is -0.507 e. The molecule has 3 rings (SSSR count). The van der Waals surface area contributed by atoms with Crippen LogP contribution in [0.25, 0.3) is 0 Å². The lowest BCUT2D eigenvalue weighted by molar-refractivity contribution is 0.0824. The summed E-state index contributed by atoms with van der Waals surface area (Å²) in [4.78, 5) is 13.5. The first-order valence-electron chi connectivity index (χ1n) is 10.6. The third-order valence-corrected chi connectivity index (χ3v) is 7.31. The van der Waals surface area contributed by atoms with Gasteiger partial charge in [-0.05, 0) is 66.6 Å². The first kappa shape index (κ1) is 25.7. The molecule has 0 radical (unpaired) electrons. The van der Waals surface area contributed by atoms with Crippen molar-refractivity contribution in [1.29, 1.82) is 0 Å². The zero-order chi connectivity index (χ0) is 24.9. The molecule has 0 aromatic heterocycles. The van der Waals surface area contributed by atoms with Crippen LogP contribution in [0.15, 0.2) is 76.5 Å². The molecule has 3 N–H and O–H groups in total. The van der Waals surface area contributed by atoms with E-state index in [0.29, 0.717) is 24.5 Å². The fourth-order valence-electron chi connectivity index (χ4n) is 3.37. The van der Waals surface area contributed by atoms with Gasteiger partial charge in [0.2, 0.25) is 9.84 Å². The van der Waals surface area contributed by atoms with Crippen molar-refractivity contribution in [3.05, 3.63) is 88.4 Å². The molecule has 3 aromatic carbocycles. The number of hydrogen-bond donors (Lipinski definition) is 3. The molecular weight excluding hydrogens is 476 g/mol. The Labute approximate surface area is 204 Å². The van der Waals surface area contributed by atoms with E-state index < -0.39 is 21.8 Å². The number of nitrogens with zero attached hydrogens (tertiary/aromatic N) is 1. The van der Waals surface area contributed by atoms with E-state index in [4.69, 9.17) is 11.6 Å². The number of nitrogens with one attached hydrogen (secondary N) is 1. The first-order chi connectivity index (χ1) is 16.1. The highest BCUT2D eigenvalue weighted by atomic mass is 35.5. The molecule has 0 aliphatic rings. The number of carbonyl (C=O) groups is 1. The average Bonchev–Trinajstić information content (AvgIpc) is 2.81. The van der Waals surface area contributed by atoms with Gasteiger partial charge < -0.3 is 20.4 Å². The van der Waals surface area contributed by atoms with Crippen LogP contribution < -0.4 is 5.32 Å². The molecule has 0 aliphatic heterocycles. The van der Waals surface area contributed by atoms with Gasteiger partial charge in [-0.1, -0.05) is 35.9 Å². The maximum Gasteiger partial charge on any atom is 0.257 e. The highest BCUT2D eigenvalue weighted by Gasteiger charge is 2.22. The van der Waals surface area contributed by atoms with Crippen molar-refractivity contribution in [3.63, 3.8) is 0 Å². The molecule has 180 valence electrons. The number of rotatable bonds is 9. The minimum atomic E-state index is -3.87. The summed E-state index contributed by atoms with van der Waals surface area (Å²) in [5.74, 6) is -0.765. The number of sulfone groups is 1. The zero-order valence-corrected chi connectivity index (χ0v) is 20.5. The van der Waals surface area contributed by atoms with Crippen LogP contribution in [0, 0.1) is 0 Å². The molecule has 1 amide bonds. The molecule has 3 aromatic rings. The Balaban J connectivity index is 1.62. The first-order valence-corrected chi connectivity index (χ1v) is 12.5. The maximum atomic E-state index is 13.0. The zero-order valence-electron chi connectivity index (χ0n) is 18.9. The molecule has 34 heavy (non-hydrogen) atoms. The number of benzene rings is 3. The molecule has 0 aliphatic carbocycles. The van der Waals surface area contributed by atoms with Crippen LogP contribution in [-0.4, -0.2) is 56.6 Å². The van der Waals surface area contributed by atoms with Crippen molar-refractivity contribution in [3.8, 4) is 5.75 Å². The van der Waals surface area contributed by atoms with Gasteiger partial charge >= 0.3 is 0 Å². The largest absolute Gasteiger partial charge is 0.507 e. The fourth-order valence-corrected chi connectivity index (χ4v) is 4.85. The lowest BCUT2D eigenvalue weighted by atomic mass is 10.1. The highest BCUT2D eigenvalue weighted by molar-refractivity contribution is 7.91. The molecule has 7 nitrogen and oxygen atoms in total. The van der Waals surface area contributed by atoms with Gasteiger partial charge in [-0.3, -0.25) is 4.79 Å². The number of amides is 1. The molecule has 0 spiro atoms. The number of phenolic OH excluding ortho intramolecular Hbond substituents is 1. The number of hydrogen-bond acceptors (Lipinski definition) is 6. The van der Waals surface area contributed by atoms with Crippen LogP contribution >= 0.6 is 11.6 Å². The summed E-state index contributed by atoms with van der Waals surface area (Å²) >= 11 is 5.95. The van der Waals surface area contributed by atoms with Crippen molar-refractivity contribution in [1.82, 2.24) is 10.2 Å². The van der Waals surface area contributed by atoms with Gasteiger partial charge in [0.05, 0.1) is 21.5 Å². The third kappa shape index (κ3) is 6.15. The molecule has 0 heterocycles. The average molecular weight is 503 g/mol. The molecule has 9 heteroatoms. The van der Waals surface area contributed by atoms with Crippen molar-refractivity contribution < 1.29 is 23.4 Å². The highest BCUT2D eigenvalue weighted by Crippen LogP contribution is 2.27. The normalized spacial score (nSPS) is 12.4. The molecule has 0 unspecified atom stereocenters. The molecule has 0 bridgehead atoms. The lowest BCUT2D eigenvalue weighted by Crippen LogP contribution is -2.23. The Hall–Kier alpha value is -2.91. The molecule has 0 saturated carbocycles. The fraction of sp³-hybridized carbons (Fsp3) is 0.240. The van der Waals surface area contributed by atoms with E-state index in [2.05, 4.69) is 5.32 Å². The van der Waals surface area contributed by atoms with Gasteiger partial charge in [0.1, 0.15) is 5.75 Å². The van der Waals surface area contributed by atoms with E-state index in [0.717, 1.165) is 11.1 Å². The van der Waals surface area contributed by atoms with E-state index >= 15 is 0 Å². The summed E-state index contributed by atoms with van der Waals surface area (Å²) < 4.78 is 26.1. The molecule has 1 atom stereocenters. The van der Waals surface area contributed by atoms with Crippen LogP contribution in [0.2, 0.25) is 5.02 Å².